The Bertz CT molecular complexity index is 946. The topological polar surface area (TPSA) is 214 Å². The molecular weight excluding hydrogens is 518 g/mol. The molecule has 2 amide bonds. The Balaban J connectivity index is 1.52. The summed E-state index contributed by atoms with van der Waals surface area (Å²) < 4.78 is 0. The Morgan fingerprint density at radius 3 is 1.98 bits per heavy atom. The molecule has 2 heterocycles. The molecule has 1 aromatic rings. The molecule has 14 nitrogen and oxygen atoms in total. The molecule has 3 rings (SSSR count). The molecular formula is C26H45N9O5. The largest absolute Gasteiger partial charge is 0.508 e. The zero-order valence-electron chi connectivity index (χ0n) is 23.0. The summed E-state index contributed by atoms with van der Waals surface area (Å²) >= 11 is 0. The zero-order valence-corrected chi connectivity index (χ0v) is 23.0. The summed E-state index contributed by atoms with van der Waals surface area (Å²) in [6.07, 6.45) is 0.482. The van der Waals surface area contributed by atoms with E-state index in [1.54, 1.807) is 12.1 Å². The molecule has 2 saturated heterocycles. The van der Waals surface area contributed by atoms with Crippen LogP contribution in [0.5, 0.6) is 5.75 Å². The molecule has 2 fully saturated rings. The summed E-state index contributed by atoms with van der Waals surface area (Å²) in [5.74, 6) is -1.72. The van der Waals surface area contributed by atoms with E-state index in [2.05, 4.69) is 42.5 Å². The highest BCUT2D eigenvalue weighted by molar-refractivity contribution is 5.84. The average molecular weight is 564 g/mol. The van der Waals surface area contributed by atoms with Crippen LogP contribution in [0, 0.1) is 0 Å². The SMILES string of the molecule is N[C@]12CNCCNC[C@](NC(=O)CCCC(=O)NC(Cc3ccc(O)cc3)C(=O)O)(CNCCNC1)NCCN2. The molecule has 14 heteroatoms. The summed E-state index contributed by atoms with van der Waals surface area (Å²) in [6, 6.07) is 5.05. The van der Waals surface area contributed by atoms with E-state index in [0.717, 1.165) is 13.1 Å². The summed E-state index contributed by atoms with van der Waals surface area (Å²) in [5, 5.41) is 45.1. The maximum absolute atomic E-state index is 13.0. The number of phenols is 1. The quantitative estimate of drug-likeness (QED) is 0.143. The predicted octanol–water partition coefficient (Wildman–Crippen LogP) is -3.29. The van der Waals surface area contributed by atoms with Crippen LogP contribution in [-0.2, 0) is 20.8 Å². The van der Waals surface area contributed by atoms with Gasteiger partial charge in [-0.25, -0.2) is 4.79 Å². The van der Waals surface area contributed by atoms with E-state index in [0.29, 0.717) is 57.9 Å². The molecule has 0 saturated carbocycles. The molecule has 224 valence electrons. The first kappa shape index (κ1) is 31.7. The summed E-state index contributed by atoms with van der Waals surface area (Å²) in [4.78, 5) is 37.1. The van der Waals surface area contributed by atoms with Gasteiger partial charge in [0.2, 0.25) is 11.8 Å². The Labute approximate surface area is 235 Å². The van der Waals surface area contributed by atoms with E-state index >= 15 is 0 Å². The van der Waals surface area contributed by atoms with Crippen LogP contribution in [0.3, 0.4) is 0 Å². The van der Waals surface area contributed by atoms with Crippen LogP contribution in [0.2, 0.25) is 0 Å². The number of phenolic OH excluding ortho intramolecular Hbond substituents is 1. The molecule has 1 aromatic carbocycles. The number of aromatic hydroxyl groups is 1. The van der Waals surface area contributed by atoms with Crippen LogP contribution < -0.4 is 48.3 Å². The monoisotopic (exact) mass is 563 g/mol. The number of rotatable bonds is 9. The number of aliphatic carboxylic acids is 1. The zero-order chi connectivity index (χ0) is 28.8. The van der Waals surface area contributed by atoms with Crippen LogP contribution >= 0.6 is 0 Å². The van der Waals surface area contributed by atoms with Gasteiger partial charge in [0.25, 0.3) is 0 Å². The van der Waals surface area contributed by atoms with Gasteiger partial charge in [0.1, 0.15) is 17.5 Å². The second-order valence-electron chi connectivity index (χ2n) is 10.5. The molecule has 0 spiro atoms. The number of carboxylic acid groups (broad SMARTS) is 1. The second-order valence-corrected chi connectivity index (χ2v) is 10.5. The highest BCUT2D eigenvalue weighted by Crippen LogP contribution is 2.12. The number of carbonyl (C=O) groups excluding carboxylic acids is 2. The molecule has 0 aromatic heterocycles. The number of hydrogen-bond donors (Lipinski definition) is 11. The Morgan fingerprint density at radius 2 is 1.38 bits per heavy atom. The number of nitrogens with one attached hydrogen (secondary N) is 8. The van der Waals surface area contributed by atoms with Crippen LogP contribution in [0.15, 0.2) is 24.3 Å². The van der Waals surface area contributed by atoms with Crippen LogP contribution in [0.1, 0.15) is 24.8 Å². The lowest BCUT2D eigenvalue weighted by molar-refractivity contribution is -0.141. The Hall–Kier alpha value is -2.85. The minimum absolute atomic E-state index is 0.0174. The van der Waals surface area contributed by atoms with Gasteiger partial charge in [0.15, 0.2) is 0 Å². The fourth-order valence-corrected chi connectivity index (χ4v) is 4.77. The van der Waals surface area contributed by atoms with Gasteiger partial charge in [0, 0.05) is 84.7 Å². The van der Waals surface area contributed by atoms with Gasteiger partial charge in [-0.3, -0.25) is 20.2 Å². The van der Waals surface area contributed by atoms with Gasteiger partial charge in [0.05, 0.1) is 5.66 Å². The normalized spacial score (nSPS) is 25.5. The van der Waals surface area contributed by atoms with E-state index in [9.17, 15) is 24.6 Å². The van der Waals surface area contributed by atoms with Gasteiger partial charge in [-0.15, -0.1) is 0 Å². The lowest BCUT2D eigenvalue weighted by atomic mass is 10.1. The summed E-state index contributed by atoms with van der Waals surface area (Å²) in [5.41, 5.74) is 5.88. The maximum atomic E-state index is 13.0. The van der Waals surface area contributed by atoms with Gasteiger partial charge in [-0.1, -0.05) is 12.1 Å². The van der Waals surface area contributed by atoms with Gasteiger partial charge >= 0.3 is 5.97 Å². The van der Waals surface area contributed by atoms with Crippen LogP contribution in [-0.4, -0.2) is 111 Å². The van der Waals surface area contributed by atoms with E-state index in [4.69, 9.17) is 5.73 Å². The highest BCUT2D eigenvalue weighted by Gasteiger charge is 2.32. The third-order valence-corrected chi connectivity index (χ3v) is 6.95. The third kappa shape index (κ3) is 11.0. The highest BCUT2D eigenvalue weighted by atomic mass is 16.4. The Morgan fingerprint density at radius 1 is 0.825 bits per heavy atom. The molecule has 2 aliphatic rings. The second kappa shape index (κ2) is 15.8. The number of carboxylic acids is 1. The van der Waals surface area contributed by atoms with E-state index in [1.165, 1.54) is 12.1 Å². The molecule has 1 atom stereocenters. The minimum atomic E-state index is -1.15. The molecule has 2 aliphatic heterocycles. The van der Waals surface area contributed by atoms with Crippen molar-refractivity contribution in [1.82, 2.24) is 42.5 Å². The van der Waals surface area contributed by atoms with Crippen molar-refractivity contribution in [3.63, 3.8) is 0 Å². The molecule has 12 N–H and O–H groups in total. The van der Waals surface area contributed by atoms with Crippen LogP contribution in [0.25, 0.3) is 0 Å². The number of amides is 2. The van der Waals surface area contributed by atoms with E-state index in [-0.39, 0.29) is 37.3 Å². The average Bonchev–Trinajstić information content (AvgIpc) is 2.90. The predicted molar refractivity (Wildman–Crippen MR) is 151 cm³/mol. The maximum Gasteiger partial charge on any atom is 0.326 e. The number of nitrogens with two attached hydrogens (primary N) is 1. The molecule has 0 radical (unpaired) electrons. The fraction of sp³-hybridized carbons (Fsp3) is 0.654. The minimum Gasteiger partial charge on any atom is -0.508 e. The first-order valence-corrected chi connectivity index (χ1v) is 13.9. The standard InChI is InChI=1S/C26H45N9O5/c27-25-15-28-8-10-30-17-26(33-13-12-32-25,18-31-11-9-29-16-25)35-23(38)3-1-2-22(37)34-21(24(39)40)14-19-4-6-20(36)7-5-19/h4-7,21,28-33,36H,1-3,8-18,27H2,(H,34,37)(H,35,38)(H,39,40)/t21?,25-,26-. The lowest BCUT2D eigenvalue weighted by Gasteiger charge is -2.39. The number of benzene rings is 1. The molecule has 0 aliphatic carbocycles. The van der Waals surface area contributed by atoms with Crippen molar-refractivity contribution < 1.29 is 24.6 Å². The van der Waals surface area contributed by atoms with Gasteiger partial charge < -0.3 is 47.8 Å². The molecule has 40 heavy (non-hydrogen) atoms. The summed E-state index contributed by atoms with van der Waals surface area (Å²) in [7, 11) is 0. The van der Waals surface area contributed by atoms with Gasteiger partial charge in [-0.05, 0) is 24.1 Å². The fourth-order valence-electron chi connectivity index (χ4n) is 4.77. The van der Waals surface area contributed by atoms with Crippen molar-refractivity contribution >= 4 is 17.8 Å². The van der Waals surface area contributed by atoms with E-state index < -0.39 is 29.2 Å². The van der Waals surface area contributed by atoms with E-state index in [1.807, 2.05) is 0 Å². The van der Waals surface area contributed by atoms with Crippen molar-refractivity contribution in [2.45, 2.75) is 43.1 Å². The lowest BCUT2D eigenvalue weighted by Crippen LogP contribution is -2.72. The summed E-state index contributed by atoms with van der Waals surface area (Å²) in [6.45, 7) is 6.22. The van der Waals surface area contributed by atoms with Crippen molar-refractivity contribution in [2.24, 2.45) is 5.73 Å². The number of fused-ring (bicyclic) bond motifs is 5. The third-order valence-electron chi connectivity index (χ3n) is 6.95. The van der Waals surface area contributed by atoms with Crippen molar-refractivity contribution in [2.75, 3.05) is 65.4 Å². The number of carbonyl (C=O) groups is 3. The molecule has 1 unspecified atom stereocenters. The Kier molecular flexibility index (Phi) is 12.5. The van der Waals surface area contributed by atoms with Gasteiger partial charge in [-0.2, -0.15) is 0 Å². The first-order chi connectivity index (χ1) is 19.2. The smallest absolute Gasteiger partial charge is 0.326 e. The molecule has 2 bridgehead atoms. The van der Waals surface area contributed by atoms with Crippen molar-refractivity contribution in [3.05, 3.63) is 29.8 Å². The first-order valence-electron chi connectivity index (χ1n) is 13.9. The number of hydrogen-bond acceptors (Lipinski definition) is 11. The van der Waals surface area contributed by atoms with Crippen molar-refractivity contribution in [3.8, 4) is 5.75 Å². The van der Waals surface area contributed by atoms with Crippen LogP contribution in [0.4, 0.5) is 0 Å². The van der Waals surface area contributed by atoms with Crippen molar-refractivity contribution in [1.29, 1.82) is 0 Å².